The van der Waals surface area contributed by atoms with E-state index in [1.54, 1.807) is 42.5 Å². The summed E-state index contributed by atoms with van der Waals surface area (Å²) in [4.78, 5) is 64.2. The van der Waals surface area contributed by atoms with Gasteiger partial charge in [0.15, 0.2) is 0 Å². The Hall–Kier alpha value is -5.19. The zero-order chi connectivity index (χ0) is 28.6. The number of benzene rings is 3. The van der Waals surface area contributed by atoms with E-state index in [4.69, 9.17) is 9.47 Å². The Morgan fingerprint density at radius 1 is 0.825 bits per heavy atom. The molecule has 0 aliphatic heterocycles. The summed E-state index contributed by atoms with van der Waals surface area (Å²) in [6.45, 7) is -0.408. The first-order valence-corrected chi connectivity index (χ1v) is 12.4. The fourth-order valence-corrected chi connectivity index (χ4v) is 4.28. The molecular weight excluding hydrogens is 516 g/mol. The Kier molecular flexibility index (Phi) is 8.75. The summed E-state index contributed by atoms with van der Waals surface area (Å²) < 4.78 is 12.2. The van der Waals surface area contributed by atoms with Crippen LogP contribution in [0.1, 0.15) is 22.3 Å². The maximum absolute atomic E-state index is 13.4. The van der Waals surface area contributed by atoms with Crippen LogP contribution in [0.25, 0.3) is 10.9 Å². The van der Waals surface area contributed by atoms with Crippen LogP contribution in [0.3, 0.4) is 0 Å². The lowest BCUT2D eigenvalue weighted by atomic mass is 10.2. The first-order chi connectivity index (χ1) is 19.3. The molecule has 2 N–H and O–H groups in total. The topological polar surface area (TPSA) is 138 Å². The van der Waals surface area contributed by atoms with Crippen molar-refractivity contribution < 1.29 is 23.9 Å². The van der Waals surface area contributed by atoms with Gasteiger partial charge in [-0.2, -0.15) is 0 Å². The largest absolute Gasteiger partial charge is 0.496 e. The van der Waals surface area contributed by atoms with Gasteiger partial charge in [0.25, 0.3) is 5.56 Å². The van der Waals surface area contributed by atoms with Crippen LogP contribution in [0, 0.1) is 0 Å². The van der Waals surface area contributed by atoms with Crippen molar-refractivity contribution in [3.05, 3.63) is 105 Å². The molecule has 3 aromatic carbocycles. The van der Waals surface area contributed by atoms with Crippen molar-refractivity contribution in [3.8, 4) is 5.75 Å². The first kappa shape index (κ1) is 27.8. The molecule has 206 valence electrons. The van der Waals surface area contributed by atoms with Gasteiger partial charge in [-0.25, -0.2) is 9.59 Å². The van der Waals surface area contributed by atoms with Gasteiger partial charge in [-0.3, -0.25) is 23.5 Å². The van der Waals surface area contributed by atoms with E-state index in [0.29, 0.717) is 5.75 Å². The molecule has 0 aliphatic carbocycles. The lowest BCUT2D eigenvalue weighted by molar-refractivity contribution is -0.121. The van der Waals surface area contributed by atoms with Crippen molar-refractivity contribution in [1.29, 1.82) is 0 Å². The fraction of sp³-hybridized carbons (Fsp3) is 0.207. The smallest absolute Gasteiger partial charge is 0.339 e. The van der Waals surface area contributed by atoms with Crippen LogP contribution in [0.2, 0.25) is 0 Å². The Bertz CT molecular complexity index is 1690. The van der Waals surface area contributed by atoms with Crippen LogP contribution in [-0.4, -0.2) is 41.1 Å². The van der Waals surface area contributed by atoms with Gasteiger partial charge < -0.3 is 20.1 Å². The number of para-hydroxylation sites is 3. The maximum atomic E-state index is 13.4. The highest BCUT2D eigenvalue weighted by Crippen LogP contribution is 2.17. The molecule has 11 heteroatoms. The number of carbonyl (C=O) groups is 3. The van der Waals surface area contributed by atoms with Crippen LogP contribution in [0.15, 0.2) is 82.4 Å². The number of carbonyl (C=O) groups excluding carboxylic acids is 3. The predicted octanol–water partition coefficient (Wildman–Crippen LogP) is 2.30. The summed E-state index contributed by atoms with van der Waals surface area (Å²) in [5.41, 5.74) is 0.119. The molecule has 0 spiro atoms. The minimum absolute atomic E-state index is 0.138. The number of ether oxygens (including phenoxy) is 2. The summed E-state index contributed by atoms with van der Waals surface area (Å²) in [7, 11) is 2.77. The Morgan fingerprint density at radius 3 is 2.30 bits per heavy atom. The predicted molar refractivity (Wildman–Crippen MR) is 148 cm³/mol. The van der Waals surface area contributed by atoms with Crippen molar-refractivity contribution in [2.45, 2.75) is 26.1 Å². The maximum Gasteiger partial charge on any atom is 0.339 e. The molecule has 1 aromatic heterocycles. The van der Waals surface area contributed by atoms with Gasteiger partial charge in [0.1, 0.15) is 12.3 Å². The zero-order valence-electron chi connectivity index (χ0n) is 22.0. The van der Waals surface area contributed by atoms with Crippen LogP contribution < -0.4 is 26.6 Å². The third-order valence-electron chi connectivity index (χ3n) is 6.27. The van der Waals surface area contributed by atoms with Gasteiger partial charge in [0, 0.05) is 25.1 Å². The highest BCUT2D eigenvalue weighted by molar-refractivity contribution is 6.01. The molecule has 11 nitrogen and oxygen atoms in total. The summed E-state index contributed by atoms with van der Waals surface area (Å²) in [5, 5.41) is 5.62. The Balaban J connectivity index is 1.55. The molecular formula is C29H28N4O7. The molecule has 4 aromatic rings. The number of esters is 1. The number of aromatic nitrogens is 2. The summed E-state index contributed by atoms with van der Waals surface area (Å²) >= 11 is 0. The minimum Gasteiger partial charge on any atom is -0.496 e. The monoisotopic (exact) mass is 544 g/mol. The van der Waals surface area contributed by atoms with Crippen LogP contribution in [-0.2, 0) is 34.0 Å². The van der Waals surface area contributed by atoms with E-state index < -0.39 is 29.7 Å². The van der Waals surface area contributed by atoms with E-state index in [-0.39, 0.29) is 47.6 Å². The van der Waals surface area contributed by atoms with E-state index >= 15 is 0 Å². The van der Waals surface area contributed by atoms with Crippen LogP contribution >= 0.6 is 0 Å². The van der Waals surface area contributed by atoms with Crippen LogP contribution in [0.4, 0.5) is 5.69 Å². The van der Waals surface area contributed by atoms with E-state index in [1.165, 1.54) is 30.9 Å². The standard InChI is InChI=1S/C29H28N4O7/c1-39-24-14-8-3-9-19(24)17-30-25(34)15-16-32-27(36)21-11-5-7-13-23(21)33(29(32)38)18-26(35)31-22-12-6-4-10-20(22)28(37)40-2/h3-14H,15-18H2,1-2H3,(H,30,34)(H,31,35). The van der Waals surface area contributed by atoms with Crippen molar-refractivity contribution in [2.75, 3.05) is 19.5 Å². The average molecular weight is 545 g/mol. The van der Waals surface area contributed by atoms with Crippen LogP contribution in [0.5, 0.6) is 5.75 Å². The SMILES string of the molecule is COC(=O)c1ccccc1NC(=O)Cn1c(=O)n(CCC(=O)NCc2ccccc2OC)c(=O)c2ccccc21. The van der Waals surface area contributed by atoms with Gasteiger partial charge in [-0.1, -0.05) is 42.5 Å². The molecule has 0 unspecified atom stereocenters. The number of amides is 2. The summed E-state index contributed by atoms with van der Waals surface area (Å²) in [6, 6.07) is 20.0. The average Bonchev–Trinajstić information content (AvgIpc) is 2.98. The number of hydrogen-bond acceptors (Lipinski definition) is 7. The second-order valence-electron chi connectivity index (χ2n) is 8.77. The zero-order valence-corrected chi connectivity index (χ0v) is 22.0. The second-order valence-corrected chi connectivity index (χ2v) is 8.77. The molecule has 0 radical (unpaired) electrons. The molecule has 1 heterocycles. The van der Waals surface area contributed by atoms with Gasteiger partial charge in [0.05, 0.1) is 36.4 Å². The summed E-state index contributed by atoms with van der Waals surface area (Å²) in [6.07, 6.45) is -0.138. The van der Waals surface area contributed by atoms with Gasteiger partial charge >= 0.3 is 11.7 Å². The molecule has 4 rings (SSSR count). The minimum atomic E-state index is -0.738. The molecule has 0 fully saturated rings. The Labute approximate surface area is 229 Å². The highest BCUT2D eigenvalue weighted by Gasteiger charge is 2.18. The van der Waals surface area contributed by atoms with E-state index in [2.05, 4.69) is 10.6 Å². The number of methoxy groups -OCH3 is 2. The number of anilines is 1. The number of nitrogens with one attached hydrogen (secondary N) is 2. The summed E-state index contributed by atoms with van der Waals surface area (Å²) in [5.74, 6) is -0.961. The lowest BCUT2D eigenvalue weighted by Crippen LogP contribution is -2.42. The first-order valence-electron chi connectivity index (χ1n) is 12.4. The molecule has 0 saturated heterocycles. The molecule has 0 aliphatic rings. The molecule has 0 bridgehead atoms. The molecule has 2 amide bonds. The molecule has 0 saturated carbocycles. The quantitative estimate of drug-likeness (QED) is 0.292. The van der Waals surface area contributed by atoms with Crippen molar-refractivity contribution in [1.82, 2.24) is 14.5 Å². The van der Waals surface area contributed by atoms with E-state index in [9.17, 15) is 24.0 Å². The number of hydrogen-bond donors (Lipinski definition) is 2. The Morgan fingerprint density at radius 2 is 1.52 bits per heavy atom. The van der Waals surface area contributed by atoms with Crippen molar-refractivity contribution in [3.63, 3.8) is 0 Å². The molecule has 40 heavy (non-hydrogen) atoms. The van der Waals surface area contributed by atoms with Gasteiger partial charge in [-0.15, -0.1) is 0 Å². The number of fused-ring (bicyclic) bond motifs is 1. The van der Waals surface area contributed by atoms with Gasteiger partial charge in [-0.05, 0) is 30.3 Å². The third kappa shape index (κ3) is 6.09. The highest BCUT2D eigenvalue weighted by atomic mass is 16.5. The fourth-order valence-electron chi connectivity index (χ4n) is 4.28. The van der Waals surface area contributed by atoms with E-state index in [0.717, 1.165) is 10.1 Å². The number of nitrogens with zero attached hydrogens (tertiary/aromatic N) is 2. The van der Waals surface area contributed by atoms with Crippen molar-refractivity contribution in [2.24, 2.45) is 0 Å². The lowest BCUT2D eigenvalue weighted by Gasteiger charge is -2.15. The number of rotatable bonds is 10. The second kappa shape index (κ2) is 12.6. The molecule has 0 atom stereocenters. The van der Waals surface area contributed by atoms with Crippen molar-refractivity contribution >= 4 is 34.4 Å². The van der Waals surface area contributed by atoms with Gasteiger partial charge in [0.2, 0.25) is 11.8 Å². The third-order valence-corrected chi connectivity index (χ3v) is 6.27. The van der Waals surface area contributed by atoms with E-state index in [1.807, 2.05) is 18.2 Å². The normalized spacial score (nSPS) is 10.7.